The molecule has 0 radical (unpaired) electrons. The summed E-state index contributed by atoms with van der Waals surface area (Å²) in [6.45, 7) is 11.8. The van der Waals surface area contributed by atoms with Crippen molar-refractivity contribution in [3.63, 3.8) is 0 Å². The van der Waals surface area contributed by atoms with Gasteiger partial charge in [-0.3, -0.25) is 14.5 Å². The lowest BCUT2D eigenvalue weighted by atomic mass is 9.98. The number of nitrogens with zero attached hydrogens (tertiary/aromatic N) is 1. The highest BCUT2D eigenvalue weighted by atomic mass is 16.6. The Morgan fingerprint density at radius 3 is 1.04 bits per heavy atom. The molecule has 0 atom stereocenters. The molecule has 0 fully saturated rings. The largest absolute Gasteiger partial charge is 0.449 e. The van der Waals surface area contributed by atoms with Crippen molar-refractivity contribution in [3.8, 4) is 11.1 Å². The number of fused-ring (bicyclic) bond motifs is 4. The Hall–Kier alpha value is -4.41. The molecule has 1 aliphatic carbocycles. The van der Waals surface area contributed by atoms with Gasteiger partial charge in [-0.25, -0.2) is 4.79 Å². The minimum atomic E-state index is -0.422. The second-order valence-electron chi connectivity index (χ2n) is 15.3. The van der Waals surface area contributed by atoms with Crippen molar-refractivity contribution < 1.29 is 76.0 Å². The van der Waals surface area contributed by atoms with Crippen LogP contribution in [0.1, 0.15) is 44.2 Å². The van der Waals surface area contributed by atoms with Crippen LogP contribution in [-0.4, -0.2) is 201 Å². The van der Waals surface area contributed by atoms with Crippen LogP contribution in [0.25, 0.3) is 11.1 Å². The van der Waals surface area contributed by atoms with Crippen LogP contribution in [-0.2, 0) is 61.6 Å². The normalized spacial score (nSPS) is 13.0. The van der Waals surface area contributed by atoms with E-state index in [9.17, 15) is 14.4 Å². The maximum Gasteiger partial charge on any atom is 0.407 e. The summed E-state index contributed by atoms with van der Waals surface area (Å²) in [4.78, 5) is 38.2. The Morgan fingerprint density at radius 1 is 0.397 bits per heavy atom. The number of carbonyl (C=O) groups is 3. The quantitative estimate of drug-likeness (QED) is 0.0621. The molecule has 68 heavy (non-hydrogen) atoms. The molecule has 18 heteroatoms. The van der Waals surface area contributed by atoms with Crippen LogP contribution >= 0.6 is 0 Å². The van der Waals surface area contributed by atoms with E-state index in [1.807, 2.05) is 24.3 Å². The first-order valence-electron chi connectivity index (χ1n) is 23.6. The highest BCUT2D eigenvalue weighted by molar-refractivity contribution is 6.21. The van der Waals surface area contributed by atoms with Crippen molar-refractivity contribution in [2.75, 3.05) is 178 Å². The number of hydrogen-bond acceptors (Lipinski definition) is 16. The third-order valence-corrected chi connectivity index (χ3v) is 10.5. The molecule has 1 heterocycles. The van der Waals surface area contributed by atoms with Crippen LogP contribution in [0.5, 0.6) is 0 Å². The molecule has 376 valence electrons. The van der Waals surface area contributed by atoms with E-state index in [1.165, 1.54) is 27.2 Å². The monoisotopic (exact) mass is 954 g/mol. The standard InChI is InChI=1S/C50H70N2O16/c53-48-45-12-5-6-13-46(45)49(54)52(48)15-17-57-19-21-59-23-25-61-27-29-63-31-33-65-35-37-67-39-38-66-36-34-64-32-30-62-28-26-60-24-22-58-20-18-56-16-7-14-51-50(55)68-40-47-43-10-3-1-8-41(43)42-9-2-4-11-44(42)47/h1-6,8-13,47H,7,14-40H2,(H,51,55). The van der Waals surface area contributed by atoms with Crippen LogP contribution in [0.2, 0.25) is 0 Å². The molecule has 0 saturated heterocycles. The molecule has 0 unspecified atom stereocenters. The molecule has 5 rings (SSSR count). The van der Waals surface area contributed by atoms with Gasteiger partial charge in [0.1, 0.15) is 6.61 Å². The molecule has 0 aromatic heterocycles. The molecule has 0 spiro atoms. The molecular formula is C50H70N2O16. The van der Waals surface area contributed by atoms with Gasteiger partial charge in [0, 0.05) is 19.1 Å². The van der Waals surface area contributed by atoms with E-state index in [1.54, 1.807) is 24.3 Å². The van der Waals surface area contributed by atoms with Gasteiger partial charge in [-0.15, -0.1) is 0 Å². The zero-order chi connectivity index (χ0) is 47.5. The van der Waals surface area contributed by atoms with Crippen LogP contribution in [0.3, 0.4) is 0 Å². The first-order valence-corrected chi connectivity index (χ1v) is 23.6. The molecule has 0 bridgehead atoms. The predicted molar refractivity (Wildman–Crippen MR) is 249 cm³/mol. The van der Waals surface area contributed by atoms with Gasteiger partial charge < -0.3 is 66.9 Å². The van der Waals surface area contributed by atoms with Gasteiger partial charge in [0.25, 0.3) is 11.8 Å². The first-order chi connectivity index (χ1) is 33.6. The maximum absolute atomic E-state index is 12.3. The molecule has 3 aromatic rings. The average molecular weight is 955 g/mol. The summed E-state index contributed by atoms with van der Waals surface area (Å²) < 4.78 is 71.8. The minimum Gasteiger partial charge on any atom is -0.449 e. The average Bonchev–Trinajstić information content (AvgIpc) is 3.81. The first kappa shape index (κ1) is 54.5. The number of imide groups is 1. The van der Waals surface area contributed by atoms with E-state index >= 15 is 0 Å². The van der Waals surface area contributed by atoms with Crippen LogP contribution in [0.4, 0.5) is 4.79 Å². The van der Waals surface area contributed by atoms with Gasteiger partial charge in [-0.05, 0) is 40.8 Å². The molecular weight excluding hydrogens is 885 g/mol. The van der Waals surface area contributed by atoms with Crippen molar-refractivity contribution in [2.24, 2.45) is 0 Å². The van der Waals surface area contributed by atoms with E-state index < -0.39 is 6.09 Å². The van der Waals surface area contributed by atoms with E-state index in [0.717, 1.165) is 0 Å². The predicted octanol–water partition coefficient (Wildman–Crippen LogP) is 4.41. The van der Waals surface area contributed by atoms with Gasteiger partial charge in [0.2, 0.25) is 0 Å². The Balaban J connectivity index is 0.648. The van der Waals surface area contributed by atoms with Gasteiger partial charge in [-0.2, -0.15) is 0 Å². The number of amides is 3. The molecule has 1 aliphatic heterocycles. The number of hydrogen-bond donors (Lipinski definition) is 1. The fraction of sp³-hybridized carbons (Fsp3) is 0.580. The van der Waals surface area contributed by atoms with Crippen molar-refractivity contribution in [1.82, 2.24) is 10.2 Å². The molecule has 3 amide bonds. The lowest BCUT2D eigenvalue weighted by molar-refractivity contribution is -0.0284. The summed E-state index contributed by atoms with van der Waals surface area (Å²) in [7, 11) is 0. The third kappa shape index (κ3) is 20.7. The smallest absolute Gasteiger partial charge is 0.407 e. The lowest BCUT2D eigenvalue weighted by Crippen LogP contribution is -2.33. The van der Waals surface area contributed by atoms with E-state index in [-0.39, 0.29) is 30.9 Å². The second kappa shape index (κ2) is 34.8. The van der Waals surface area contributed by atoms with Crippen LogP contribution in [0, 0.1) is 0 Å². The van der Waals surface area contributed by atoms with Crippen molar-refractivity contribution >= 4 is 17.9 Å². The highest BCUT2D eigenvalue weighted by Crippen LogP contribution is 2.44. The molecule has 1 N–H and O–H groups in total. The molecule has 3 aromatic carbocycles. The third-order valence-electron chi connectivity index (χ3n) is 10.5. The fourth-order valence-corrected chi connectivity index (χ4v) is 7.13. The minimum absolute atomic E-state index is 0.0417. The maximum atomic E-state index is 12.3. The molecule has 0 saturated carbocycles. The zero-order valence-corrected chi connectivity index (χ0v) is 39.3. The SMILES string of the molecule is O=C(NCCCOCCOCCOCCOCCOCCOCCOCCOCCOCCOCCOCCOCCN1C(=O)c2ccccc2C1=O)OCC1c2ccccc2-c2ccccc21. The second-order valence-corrected chi connectivity index (χ2v) is 15.3. The highest BCUT2D eigenvalue weighted by Gasteiger charge is 2.34. The van der Waals surface area contributed by atoms with Crippen LogP contribution < -0.4 is 5.32 Å². The summed E-state index contributed by atoms with van der Waals surface area (Å²) in [6.07, 6.45) is 0.254. The fourth-order valence-electron chi connectivity index (χ4n) is 7.13. The number of rotatable bonds is 42. The van der Waals surface area contributed by atoms with Gasteiger partial charge >= 0.3 is 6.09 Å². The Bertz CT molecular complexity index is 1770. The molecule has 2 aliphatic rings. The number of carbonyl (C=O) groups excluding carboxylic acids is 3. The number of benzene rings is 3. The number of alkyl carbamates (subject to hydrolysis) is 1. The Kier molecular flexibility index (Phi) is 27.9. The van der Waals surface area contributed by atoms with Crippen molar-refractivity contribution in [3.05, 3.63) is 95.1 Å². The van der Waals surface area contributed by atoms with Gasteiger partial charge in [-0.1, -0.05) is 60.7 Å². The summed E-state index contributed by atoms with van der Waals surface area (Å²) >= 11 is 0. The summed E-state index contributed by atoms with van der Waals surface area (Å²) in [5, 5.41) is 2.81. The zero-order valence-electron chi connectivity index (χ0n) is 39.3. The van der Waals surface area contributed by atoms with E-state index in [2.05, 4.69) is 29.6 Å². The summed E-state index contributed by atoms with van der Waals surface area (Å²) in [6, 6.07) is 23.4. The van der Waals surface area contributed by atoms with E-state index in [4.69, 9.17) is 61.6 Å². The van der Waals surface area contributed by atoms with Gasteiger partial charge in [0.05, 0.1) is 170 Å². The summed E-state index contributed by atoms with van der Waals surface area (Å²) in [5.41, 5.74) is 5.66. The topological polar surface area (TPSA) is 186 Å². The number of nitrogens with one attached hydrogen (secondary N) is 1. The van der Waals surface area contributed by atoms with Crippen LogP contribution in [0.15, 0.2) is 72.8 Å². The summed E-state index contributed by atoms with van der Waals surface area (Å²) in [5.74, 6) is -0.523. The molecule has 18 nitrogen and oxygen atoms in total. The Labute approximate surface area is 399 Å². The lowest BCUT2D eigenvalue weighted by Gasteiger charge is -2.14. The number of ether oxygens (including phenoxy) is 13. The van der Waals surface area contributed by atoms with Gasteiger partial charge in [0.15, 0.2) is 0 Å². The van der Waals surface area contributed by atoms with Crippen molar-refractivity contribution in [2.45, 2.75) is 12.3 Å². The van der Waals surface area contributed by atoms with Crippen molar-refractivity contribution in [1.29, 1.82) is 0 Å². The Morgan fingerprint density at radius 2 is 0.691 bits per heavy atom. The van der Waals surface area contributed by atoms with E-state index in [0.29, 0.717) is 183 Å².